The lowest BCUT2D eigenvalue weighted by molar-refractivity contribution is -0.114. The van der Waals surface area contributed by atoms with E-state index in [0.717, 1.165) is 0 Å². The molecule has 4 nitrogen and oxygen atoms in total. The molecule has 0 aliphatic carbocycles. The Balaban J connectivity index is 0.000000459. The van der Waals surface area contributed by atoms with E-state index in [1.165, 1.54) is 38.7 Å². The molecule has 1 rings (SSSR count). The van der Waals surface area contributed by atoms with Gasteiger partial charge in [-0.15, -0.1) is 0 Å². The van der Waals surface area contributed by atoms with Crippen LogP contribution in [0.1, 0.15) is 56.8 Å². The Morgan fingerprint density at radius 1 is 1.16 bits per heavy atom. The van der Waals surface area contributed by atoms with Crippen molar-refractivity contribution in [2.75, 3.05) is 5.32 Å². The monoisotopic (exact) mass is 264 g/mol. The molecule has 0 heterocycles. The molecule has 19 heavy (non-hydrogen) atoms. The molecular formula is C15H24N2O2. The second-order valence-electron chi connectivity index (χ2n) is 4.33. The van der Waals surface area contributed by atoms with Crippen LogP contribution in [-0.4, -0.2) is 11.8 Å². The summed E-state index contributed by atoms with van der Waals surface area (Å²) in [6.07, 6.45) is 5.54. The first-order valence-corrected chi connectivity index (χ1v) is 6.68. The lowest BCUT2D eigenvalue weighted by Gasteiger charge is -2.02. The quantitative estimate of drug-likeness (QED) is 0.801. The standard InChI is InChI=1S/C9H10N2O2.C6H14/c1-6(12)11-8-4-2-3-7(5-8)9(10)13;1-3-5-6-4-2/h2-5H,1H3,(H2,10,13)(H,11,12);3-6H2,1-2H3. The van der Waals surface area contributed by atoms with Crippen LogP contribution in [0.3, 0.4) is 0 Å². The summed E-state index contributed by atoms with van der Waals surface area (Å²) in [5.74, 6) is -0.686. The van der Waals surface area contributed by atoms with E-state index in [1.807, 2.05) is 0 Å². The number of nitrogens with two attached hydrogens (primary N) is 1. The van der Waals surface area contributed by atoms with Crippen molar-refractivity contribution in [3.8, 4) is 0 Å². The van der Waals surface area contributed by atoms with Crippen molar-refractivity contribution >= 4 is 17.5 Å². The molecule has 0 bridgehead atoms. The molecule has 0 atom stereocenters. The summed E-state index contributed by atoms with van der Waals surface area (Å²) in [6.45, 7) is 5.86. The molecular weight excluding hydrogens is 240 g/mol. The van der Waals surface area contributed by atoms with E-state index in [1.54, 1.807) is 18.2 Å². The number of hydrogen-bond acceptors (Lipinski definition) is 2. The zero-order valence-electron chi connectivity index (χ0n) is 12.0. The van der Waals surface area contributed by atoms with Crippen molar-refractivity contribution in [2.45, 2.75) is 46.5 Å². The third-order valence-electron chi connectivity index (χ3n) is 2.42. The van der Waals surface area contributed by atoms with Crippen LogP contribution in [0.15, 0.2) is 24.3 Å². The number of hydrogen-bond donors (Lipinski definition) is 2. The van der Waals surface area contributed by atoms with E-state index in [4.69, 9.17) is 5.73 Å². The van der Waals surface area contributed by atoms with Crippen molar-refractivity contribution in [1.29, 1.82) is 0 Å². The van der Waals surface area contributed by atoms with Gasteiger partial charge in [-0.3, -0.25) is 9.59 Å². The molecule has 0 fully saturated rings. The predicted molar refractivity (Wildman–Crippen MR) is 79.1 cm³/mol. The molecule has 2 amide bonds. The molecule has 0 saturated carbocycles. The van der Waals surface area contributed by atoms with Crippen LogP contribution >= 0.6 is 0 Å². The highest BCUT2D eigenvalue weighted by Crippen LogP contribution is 2.09. The Morgan fingerprint density at radius 3 is 2.16 bits per heavy atom. The topological polar surface area (TPSA) is 72.2 Å². The predicted octanol–water partition coefficient (Wildman–Crippen LogP) is 3.33. The molecule has 0 aliphatic rings. The molecule has 0 radical (unpaired) electrons. The first-order chi connectivity index (χ1) is 9.01. The van der Waals surface area contributed by atoms with E-state index in [-0.39, 0.29) is 5.91 Å². The zero-order valence-corrected chi connectivity index (χ0v) is 12.0. The minimum Gasteiger partial charge on any atom is -0.366 e. The van der Waals surface area contributed by atoms with Crippen molar-refractivity contribution in [1.82, 2.24) is 0 Å². The van der Waals surface area contributed by atoms with Crippen LogP contribution in [0.2, 0.25) is 0 Å². The summed E-state index contributed by atoms with van der Waals surface area (Å²) >= 11 is 0. The Hall–Kier alpha value is -1.84. The summed E-state index contributed by atoms with van der Waals surface area (Å²) in [7, 11) is 0. The van der Waals surface area contributed by atoms with Crippen LogP contribution < -0.4 is 11.1 Å². The molecule has 106 valence electrons. The average Bonchev–Trinajstić information content (AvgIpc) is 2.36. The fourth-order valence-corrected chi connectivity index (χ4v) is 1.45. The molecule has 1 aromatic carbocycles. The third-order valence-corrected chi connectivity index (χ3v) is 2.42. The van der Waals surface area contributed by atoms with Crippen LogP contribution in [0, 0.1) is 0 Å². The maximum atomic E-state index is 10.7. The average molecular weight is 264 g/mol. The SMILES string of the molecule is CC(=O)Nc1cccc(C(N)=O)c1.CCCCCC. The van der Waals surface area contributed by atoms with Crippen LogP contribution in [0.25, 0.3) is 0 Å². The van der Waals surface area contributed by atoms with Gasteiger partial charge in [0.25, 0.3) is 0 Å². The summed E-state index contributed by atoms with van der Waals surface area (Å²) in [6, 6.07) is 6.47. The van der Waals surface area contributed by atoms with Gasteiger partial charge in [-0.1, -0.05) is 45.6 Å². The molecule has 0 saturated heterocycles. The number of nitrogens with one attached hydrogen (secondary N) is 1. The van der Waals surface area contributed by atoms with Crippen molar-refractivity contribution in [3.63, 3.8) is 0 Å². The number of carbonyl (C=O) groups excluding carboxylic acids is 2. The van der Waals surface area contributed by atoms with Gasteiger partial charge in [0, 0.05) is 18.2 Å². The molecule has 1 aromatic rings. The number of amides is 2. The van der Waals surface area contributed by atoms with Crippen LogP contribution in [-0.2, 0) is 4.79 Å². The molecule has 0 aromatic heterocycles. The smallest absolute Gasteiger partial charge is 0.248 e. The minimum atomic E-state index is -0.507. The van der Waals surface area contributed by atoms with Gasteiger partial charge in [0.2, 0.25) is 11.8 Å². The second-order valence-corrected chi connectivity index (χ2v) is 4.33. The first kappa shape index (κ1) is 17.2. The van der Waals surface area contributed by atoms with E-state index in [9.17, 15) is 9.59 Å². The van der Waals surface area contributed by atoms with Gasteiger partial charge in [0.1, 0.15) is 0 Å². The molecule has 0 unspecified atom stereocenters. The number of unbranched alkanes of at least 4 members (excludes halogenated alkanes) is 3. The minimum absolute atomic E-state index is 0.179. The Bertz CT molecular complexity index is 399. The number of carbonyl (C=O) groups is 2. The highest BCUT2D eigenvalue weighted by atomic mass is 16.1. The maximum absolute atomic E-state index is 10.7. The van der Waals surface area contributed by atoms with Gasteiger partial charge in [0.15, 0.2) is 0 Å². The number of anilines is 1. The lowest BCUT2D eigenvalue weighted by atomic mass is 10.2. The lowest BCUT2D eigenvalue weighted by Crippen LogP contribution is -2.12. The molecule has 3 N–H and O–H groups in total. The summed E-state index contributed by atoms with van der Waals surface area (Å²) in [4.78, 5) is 21.4. The normalized spacial score (nSPS) is 9.21. The highest BCUT2D eigenvalue weighted by Gasteiger charge is 2.01. The van der Waals surface area contributed by atoms with E-state index < -0.39 is 5.91 Å². The Kier molecular flexibility index (Phi) is 9.14. The Labute approximate surface area is 115 Å². The largest absolute Gasteiger partial charge is 0.366 e. The zero-order chi connectivity index (χ0) is 14.7. The third kappa shape index (κ3) is 8.83. The molecule has 0 spiro atoms. The second kappa shape index (κ2) is 10.1. The van der Waals surface area contributed by atoms with Gasteiger partial charge in [0.05, 0.1) is 0 Å². The van der Waals surface area contributed by atoms with Gasteiger partial charge in [-0.2, -0.15) is 0 Å². The maximum Gasteiger partial charge on any atom is 0.248 e. The van der Waals surface area contributed by atoms with E-state index >= 15 is 0 Å². The Morgan fingerprint density at radius 2 is 1.74 bits per heavy atom. The van der Waals surface area contributed by atoms with Crippen molar-refractivity contribution in [2.24, 2.45) is 5.73 Å². The fourth-order valence-electron chi connectivity index (χ4n) is 1.45. The first-order valence-electron chi connectivity index (χ1n) is 6.68. The van der Waals surface area contributed by atoms with Crippen LogP contribution in [0.5, 0.6) is 0 Å². The van der Waals surface area contributed by atoms with E-state index in [0.29, 0.717) is 11.3 Å². The number of rotatable bonds is 5. The van der Waals surface area contributed by atoms with Gasteiger partial charge in [-0.05, 0) is 18.2 Å². The summed E-state index contributed by atoms with van der Waals surface area (Å²) in [5, 5.41) is 2.55. The van der Waals surface area contributed by atoms with Gasteiger partial charge in [-0.25, -0.2) is 0 Å². The number of primary amides is 1. The van der Waals surface area contributed by atoms with Gasteiger partial charge < -0.3 is 11.1 Å². The van der Waals surface area contributed by atoms with Crippen molar-refractivity contribution < 1.29 is 9.59 Å². The summed E-state index contributed by atoms with van der Waals surface area (Å²) < 4.78 is 0. The summed E-state index contributed by atoms with van der Waals surface area (Å²) in [5.41, 5.74) is 6.02. The van der Waals surface area contributed by atoms with Gasteiger partial charge >= 0.3 is 0 Å². The highest BCUT2D eigenvalue weighted by molar-refractivity contribution is 5.95. The molecule has 4 heteroatoms. The van der Waals surface area contributed by atoms with Crippen LogP contribution in [0.4, 0.5) is 5.69 Å². The fraction of sp³-hybridized carbons (Fsp3) is 0.467. The number of benzene rings is 1. The van der Waals surface area contributed by atoms with E-state index in [2.05, 4.69) is 19.2 Å². The molecule has 0 aliphatic heterocycles. The van der Waals surface area contributed by atoms with Crippen molar-refractivity contribution in [3.05, 3.63) is 29.8 Å².